The van der Waals surface area contributed by atoms with Gasteiger partial charge in [0.1, 0.15) is 0 Å². The minimum absolute atomic E-state index is 0.564. The second kappa shape index (κ2) is 11.3. The van der Waals surface area contributed by atoms with Gasteiger partial charge in [0.05, 0.1) is 69.6 Å². The van der Waals surface area contributed by atoms with Crippen LogP contribution in [0.5, 0.6) is 0 Å². The maximum Gasteiger partial charge on any atom is 0.188 e. The smallest absolute Gasteiger partial charge is 0.188 e. The number of para-hydroxylation sites is 2. The van der Waals surface area contributed by atoms with Crippen LogP contribution < -0.4 is 0 Å². The van der Waals surface area contributed by atoms with Crippen LogP contribution in [0.3, 0.4) is 0 Å². The maximum absolute atomic E-state index is 7.83. The fraction of sp³-hybridized carbons (Fsp3) is 0.0204. The molecule has 6 aromatic carbocycles. The van der Waals surface area contributed by atoms with E-state index in [-0.39, 0.29) is 0 Å². The van der Waals surface area contributed by atoms with Crippen LogP contribution in [-0.2, 0) is 5.41 Å². The first-order valence-corrected chi connectivity index (χ1v) is 19.2. The molecule has 0 amide bonds. The zero-order chi connectivity index (χ0) is 37.1. The molecule has 0 fully saturated rings. The average molecular weight is 731 g/mol. The summed E-state index contributed by atoms with van der Waals surface area (Å²) in [4.78, 5) is 20.3. The molecule has 10 aromatic rings. The van der Waals surface area contributed by atoms with Gasteiger partial charge in [0.2, 0.25) is 0 Å². The van der Waals surface area contributed by atoms with E-state index in [1.165, 1.54) is 21.2 Å². The van der Waals surface area contributed by atoms with Crippen molar-refractivity contribution in [3.63, 3.8) is 0 Å². The molecule has 1 aliphatic heterocycles. The van der Waals surface area contributed by atoms with E-state index in [4.69, 9.17) is 23.1 Å². The van der Waals surface area contributed by atoms with Gasteiger partial charge in [0.25, 0.3) is 0 Å². The molecule has 56 heavy (non-hydrogen) atoms. The average Bonchev–Trinajstić information content (AvgIpc) is 3.87. The minimum atomic E-state index is -0.787. The monoisotopic (exact) mass is 730 g/mol. The second-order valence-electron chi connectivity index (χ2n) is 14.3. The zero-order valence-corrected chi connectivity index (χ0v) is 30.4. The molecule has 6 nitrogen and oxygen atoms in total. The Hall–Kier alpha value is -7.45. The molecule has 5 heterocycles. The lowest BCUT2D eigenvalue weighted by Gasteiger charge is -2.40. The highest BCUT2D eigenvalue weighted by Crippen LogP contribution is 2.63. The summed E-state index contributed by atoms with van der Waals surface area (Å²) in [5.74, 6) is 0. The molecule has 1 aliphatic carbocycles. The number of aromatic nitrogens is 4. The Morgan fingerprint density at radius 1 is 0.500 bits per heavy atom. The number of hydrogen-bond acceptors (Lipinski definition) is 3. The van der Waals surface area contributed by atoms with E-state index < -0.39 is 5.41 Å². The van der Waals surface area contributed by atoms with Gasteiger partial charge in [0.15, 0.2) is 11.4 Å². The molecule has 0 radical (unpaired) electrons. The van der Waals surface area contributed by atoms with Gasteiger partial charge in [-0.25, -0.2) is 9.69 Å². The molecule has 4 aromatic heterocycles. The van der Waals surface area contributed by atoms with Crippen molar-refractivity contribution in [2.75, 3.05) is 0 Å². The second-order valence-corrected chi connectivity index (χ2v) is 15.4. The Balaban J connectivity index is 1.24. The molecule has 2 aliphatic rings. The molecule has 258 valence electrons. The van der Waals surface area contributed by atoms with Gasteiger partial charge < -0.3 is 9.13 Å². The standard InChI is InChI=1S/C49H26N6S/c1-50-29-20-22-41-34(25-29)35-26-30(51-2)21-23-42(35)55(41)43-17-9-19-45-46(43)49(36-13-5-8-18-44(36)56-45)37-14-10-24-52-47(37)48-38(49)27-31(28-53-48)54-39-15-6-3-11-32(39)33-12-4-7-16-40(33)54/h3-28H. The van der Waals surface area contributed by atoms with E-state index >= 15 is 0 Å². The Bertz CT molecular complexity index is 3330. The van der Waals surface area contributed by atoms with Crippen molar-refractivity contribution in [2.24, 2.45) is 0 Å². The van der Waals surface area contributed by atoms with E-state index in [0.717, 1.165) is 77.2 Å². The van der Waals surface area contributed by atoms with Gasteiger partial charge in [-0.05, 0) is 88.6 Å². The summed E-state index contributed by atoms with van der Waals surface area (Å²) in [7, 11) is 0. The summed E-state index contributed by atoms with van der Waals surface area (Å²) in [5, 5.41) is 4.28. The van der Waals surface area contributed by atoms with Crippen molar-refractivity contribution in [3.05, 3.63) is 203 Å². The largest absolute Gasteiger partial charge is 0.309 e. The van der Waals surface area contributed by atoms with Crippen LogP contribution in [0.4, 0.5) is 11.4 Å². The van der Waals surface area contributed by atoms with Crippen LogP contribution in [0, 0.1) is 13.1 Å². The summed E-state index contributed by atoms with van der Waals surface area (Å²) >= 11 is 1.79. The molecule has 0 bridgehead atoms. The van der Waals surface area contributed by atoms with Crippen molar-refractivity contribution in [2.45, 2.75) is 15.2 Å². The van der Waals surface area contributed by atoms with Crippen LogP contribution in [0.1, 0.15) is 22.3 Å². The quantitative estimate of drug-likeness (QED) is 0.166. The van der Waals surface area contributed by atoms with Crippen molar-refractivity contribution in [1.82, 2.24) is 19.1 Å². The highest BCUT2D eigenvalue weighted by Gasteiger charge is 2.53. The topological polar surface area (TPSA) is 44.4 Å². The number of hydrogen-bond donors (Lipinski definition) is 0. The van der Waals surface area contributed by atoms with E-state index in [0.29, 0.717) is 11.4 Å². The first-order valence-electron chi connectivity index (χ1n) is 18.4. The third-order valence-corrected chi connectivity index (χ3v) is 12.8. The van der Waals surface area contributed by atoms with Gasteiger partial charge in [0, 0.05) is 37.9 Å². The third-order valence-electron chi connectivity index (χ3n) is 11.7. The first kappa shape index (κ1) is 31.0. The Kier molecular flexibility index (Phi) is 6.24. The SMILES string of the molecule is [C-]#[N+]c1ccc2c(c1)c1cc([N+]#[C-])ccc1n2-c1cccc2c1C1(c3ccccc3S2)c2cccnc2-c2ncc(-n3c4ccccc4c4ccccc43)cc21. The number of benzene rings is 6. The van der Waals surface area contributed by atoms with Crippen LogP contribution in [0.2, 0.25) is 0 Å². The third kappa shape index (κ3) is 3.89. The van der Waals surface area contributed by atoms with Gasteiger partial charge in [-0.3, -0.25) is 9.97 Å². The molecular formula is C49H26N6S. The molecule has 7 heteroatoms. The predicted octanol–water partition coefficient (Wildman–Crippen LogP) is 12.6. The van der Waals surface area contributed by atoms with Gasteiger partial charge in [-0.1, -0.05) is 90.6 Å². The van der Waals surface area contributed by atoms with E-state index in [1.807, 2.05) is 42.7 Å². The molecule has 1 unspecified atom stereocenters. The molecule has 1 spiro atoms. The van der Waals surface area contributed by atoms with Crippen LogP contribution >= 0.6 is 11.8 Å². The summed E-state index contributed by atoms with van der Waals surface area (Å²) in [6.07, 6.45) is 3.87. The van der Waals surface area contributed by atoms with Crippen LogP contribution in [0.25, 0.3) is 76.1 Å². The fourth-order valence-electron chi connectivity index (χ4n) is 9.54. The highest BCUT2D eigenvalue weighted by atomic mass is 32.2. The van der Waals surface area contributed by atoms with Crippen molar-refractivity contribution >= 4 is 66.7 Å². The molecule has 12 rings (SSSR count). The first-order chi connectivity index (χ1) is 27.7. The maximum atomic E-state index is 7.83. The van der Waals surface area contributed by atoms with Gasteiger partial charge >= 0.3 is 0 Å². The van der Waals surface area contributed by atoms with E-state index in [2.05, 4.69) is 134 Å². The zero-order valence-electron chi connectivity index (χ0n) is 29.6. The van der Waals surface area contributed by atoms with Crippen molar-refractivity contribution in [3.8, 4) is 22.8 Å². The van der Waals surface area contributed by atoms with Crippen molar-refractivity contribution < 1.29 is 0 Å². The summed E-state index contributed by atoms with van der Waals surface area (Å²) in [5.41, 5.74) is 12.8. The fourth-order valence-corrected chi connectivity index (χ4v) is 10.8. The lowest BCUT2D eigenvalue weighted by atomic mass is 9.67. The lowest BCUT2D eigenvalue weighted by Crippen LogP contribution is -2.33. The molecular weight excluding hydrogens is 705 g/mol. The van der Waals surface area contributed by atoms with Crippen LogP contribution in [-0.4, -0.2) is 19.1 Å². The molecule has 1 atom stereocenters. The lowest BCUT2D eigenvalue weighted by molar-refractivity contribution is 0.712. The van der Waals surface area contributed by atoms with Gasteiger partial charge in [-0.15, -0.1) is 0 Å². The summed E-state index contributed by atoms with van der Waals surface area (Å²) < 4.78 is 4.68. The number of nitrogens with zero attached hydrogens (tertiary/aromatic N) is 6. The number of pyridine rings is 2. The molecule has 0 N–H and O–H groups in total. The number of fused-ring (bicyclic) bond motifs is 15. The molecule has 0 saturated carbocycles. The van der Waals surface area contributed by atoms with E-state index in [1.54, 1.807) is 11.8 Å². The Labute approximate surface area is 325 Å². The Morgan fingerprint density at radius 2 is 1.11 bits per heavy atom. The van der Waals surface area contributed by atoms with Crippen LogP contribution in [0.15, 0.2) is 168 Å². The van der Waals surface area contributed by atoms with Crippen molar-refractivity contribution in [1.29, 1.82) is 0 Å². The summed E-state index contributed by atoms with van der Waals surface area (Å²) in [6.45, 7) is 15.7. The van der Waals surface area contributed by atoms with E-state index in [9.17, 15) is 0 Å². The summed E-state index contributed by atoms with van der Waals surface area (Å²) in [6, 6.07) is 51.0. The molecule has 0 saturated heterocycles. The normalized spacial score (nSPS) is 15.1. The highest BCUT2D eigenvalue weighted by molar-refractivity contribution is 7.99. The minimum Gasteiger partial charge on any atom is -0.309 e. The van der Waals surface area contributed by atoms with Gasteiger partial charge in [-0.2, -0.15) is 0 Å². The predicted molar refractivity (Wildman–Crippen MR) is 225 cm³/mol. The Morgan fingerprint density at radius 3 is 1.82 bits per heavy atom. The number of rotatable bonds is 2.